The molecule has 6 nitrogen and oxygen atoms in total. The number of piperidine rings is 1. The summed E-state index contributed by atoms with van der Waals surface area (Å²) in [4.78, 5) is 36.3. The van der Waals surface area contributed by atoms with E-state index in [9.17, 15) is 9.59 Å². The maximum Gasteiger partial charge on any atom is 0.267 e. The summed E-state index contributed by atoms with van der Waals surface area (Å²) in [5.41, 5.74) is 1.89. The zero-order valence-corrected chi connectivity index (χ0v) is 22.3. The fourth-order valence-corrected chi connectivity index (χ4v) is 7.67. The third kappa shape index (κ3) is 4.75. The van der Waals surface area contributed by atoms with E-state index in [0.29, 0.717) is 11.8 Å². The summed E-state index contributed by atoms with van der Waals surface area (Å²) in [5, 5.41) is 1.34. The molecular weight excluding hydrogens is 478 g/mol. The van der Waals surface area contributed by atoms with Crippen LogP contribution in [0.3, 0.4) is 0 Å². The topological polar surface area (TPSA) is 64.4 Å². The summed E-state index contributed by atoms with van der Waals surface area (Å²) in [6.45, 7) is 6.80. The minimum absolute atomic E-state index is 0.0341. The van der Waals surface area contributed by atoms with Crippen LogP contribution in [0.4, 0.5) is 0 Å². The standard InChI is InChI=1S/C27H33N3O3S2/c1-4-33-20-14-12-19(13-15-20)30-26(32)24-21-10-5-6-11-22(21)35-25(24)28-27(30)34-16-23(31)29-17(2)8-7-9-18(29)3/h12-15,17-18H,4-11,16H2,1-3H3. The number of thioether (sulfide) groups is 1. The first-order chi connectivity index (χ1) is 17.0. The number of carbonyl (C=O) groups excluding carboxylic acids is 1. The lowest BCUT2D eigenvalue weighted by molar-refractivity contribution is -0.134. The highest BCUT2D eigenvalue weighted by Crippen LogP contribution is 2.35. The lowest BCUT2D eigenvalue weighted by atomic mass is 9.97. The van der Waals surface area contributed by atoms with Crippen LogP contribution in [0.5, 0.6) is 5.75 Å². The predicted molar refractivity (Wildman–Crippen MR) is 143 cm³/mol. The molecule has 186 valence electrons. The number of aromatic nitrogens is 2. The minimum Gasteiger partial charge on any atom is -0.494 e. The van der Waals surface area contributed by atoms with Crippen LogP contribution in [-0.4, -0.2) is 44.8 Å². The largest absolute Gasteiger partial charge is 0.494 e. The normalized spacial score (nSPS) is 20.1. The van der Waals surface area contributed by atoms with Crippen LogP contribution in [0.25, 0.3) is 15.9 Å². The van der Waals surface area contributed by atoms with Gasteiger partial charge in [-0.05, 0) is 95.5 Å². The van der Waals surface area contributed by atoms with E-state index in [-0.39, 0.29) is 29.3 Å². The number of aryl methyl sites for hydroxylation is 2. The molecule has 1 fully saturated rings. The summed E-state index contributed by atoms with van der Waals surface area (Å²) >= 11 is 3.02. The van der Waals surface area contributed by atoms with Crippen molar-refractivity contribution < 1.29 is 9.53 Å². The van der Waals surface area contributed by atoms with Crippen molar-refractivity contribution >= 4 is 39.2 Å². The number of thiophene rings is 1. The summed E-state index contributed by atoms with van der Waals surface area (Å²) in [5.74, 6) is 1.16. The molecule has 1 aromatic carbocycles. The lowest BCUT2D eigenvalue weighted by Crippen LogP contribution is -2.48. The van der Waals surface area contributed by atoms with Crippen molar-refractivity contribution in [1.82, 2.24) is 14.5 Å². The third-order valence-corrected chi connectivity index (χ3v) is 9.28. The van der Waals surface area contributed by atoms with Crippen molar-refractivity contribution in [1.29, 1.82) is 0 Å². The van der Waals surface area contributed by atoms with E-state index in [1.165, 1.54) is 22.2 Å². The molecule has 35 heavy (non-hydrogen) atoms. The molecule has 0 bridgehead atoms. The van der Waals surface area contributed by atoms with Crippen LogP contribution in [0.2, 0.25) is 0 Å². The Morgan fingerprint density at radius 1 is 1.11 bits per heavy atom. The molecule has 0 N–H and O–H groups in total. The predicted octanol–water partition coefficient (Wildman–Crippen LogP) is 5.61. The van der Waals surface area contributed by atoms with Gasteiger partial charge in [0.15, 0.2) is 5.16 Å². The Labute approximate surface area is 214 Å². The highest BCUT2D eigenvalue weighted by molar-refractivity contribution is 7.99. The second-order valence-corrected chi connectivity index (χ2v) is 11.6. The highest BCUT2D eigenvalue weighted by atomic mass is 32.2. The van der Waals surface area contributed by atoms with Gasteiger partial charge in [0.2, 0.25) is 5.91 Å². The molecule has 8 heteroatoms. The SMILES string of the molecule is CCOc1ccc(-n2c(SCC(=O)N3C(C)CCCC3C)nc3sc4c(c3c2=O)CCCC4)cc1. The zero-order chi connectivity index (χ0) is 24.5. The van der Waals surface area contributed by atoms with E-state index in [0.717, 1.165) is 66.6 Å². The molecule has 1 amide bonds. The van der Waals surface area contributed by atoms with Gasteiger partial charge in [-0.1, -0.05) is 11.8 Å². The van der Waals surface area contributed by atoms with Gasteiger partial charge in [0.05, 0.1) is 23.4 Å². The Bertz CT molecular complexity index is 1270. The van der Waals surface area contributed by atoms with E-state index >= 15 is 0 Å². The van der Waals surface area contributed by atoms with Gasteiger partial charge in [-0.2, -0.15) is 0 Å². The fourth-order valence-electron chi connectivity index (χ4n) is 5.48. The molecule has 2 atom stereocenters. The zero-order valence-electron chi connectivity index (χ0n) is 20.7. The number of likely N-dealkylation sites (tertiary alicyclic amines) is 1. The molecule has 0 saturated carbocycles. The van der Waals surface area contributed by atoms with Crippen LogP contribution in [0.1, 0.15) is 63.3 Å². The monoisotopic (exact) mass is 511 g/mol. The molecule has 2 aliphatic rings. The summed E-state index contributed by atoms with van der Waals surface area (Å²) in [6, 6.07) is 8.07. The van der Waals surface area contributed by atoms with E-state index in [4.69, 9.17) is 9.72 Å². The maximum atomic E-state index is 13.9. The van der Waals surface area contributed by atoms with Crippen LogP contribution < -0.4 is 10.3 Å². The number of nitrogens with zero attached hydrogens (tertiary/aromatic N) is 3. The Morgan fingerprint density at radius 3 is 2.54 bits per heavy atom. The van der Waals surface area contributed by atoms with E-state index < -0.39 is 0 Å². The molecule has 1 saturated heterocycles. The van der Waals surface area contributed by atoms with Gasteiger partial charge in [-0.25, -0.2) is 4.98 Å². The molecule has 3 aromatic rings. The van der Waals surface area contributed by atoms with E-state index in [2.05, 4.69) is 13.8 Å². The van der Waals surface area contributed by atoms with E-state index in [1.807, 2.05) is 36.1 Å². The smallest absolute Gasteiger partial charge is 0.267 e. The first-order valence-electron chi connectivity index (χ1n) is 12.7. The van der Waals surface area contributed by atoms with Gasteiger partial charge in [0.25, 0.3) is 5.56 Å². The first kappa shape index (κ1) is 24.4. The second-order valence-electron chi connectivity index (χ2n) is 9.57. The van der Waals surface area contributed by atoms with Crippen molar-refractivity contribution in [3.8, 4) is 11.4 Å². The Hall–Kier alpha value is -2.32. The summed E-state index contributed by atoms with van der Waals surface area (Å²) in [7, 11) is 0. The highest BCUT2D eigenvalue weighted by Gasteiger charge is 2.29. The van der Waals surface area contributed by atoms with E-state index in [1.54, 1.807) is 15.9 Å². The van der Waals surface area contributed by atoms with Gasteiger partial charge in [-0.3, -0.25) is 14.2 Å². The maximum absolute atomic E-state index is 13.9. The quantitative estimate of drug-likeness (QED) is 0.318. The van der Waals surface area contributed by atoms with Crippen LogP contribution >= 0.6 is 23.1 Å². The third-order valence-electron chi connectivity index (χ3n) is 7.17. The molecule has 2 aromatic heterocycles. The Balaban J connectivity index is 1.54. The average Bonchev–Trinajstić information content (AvgIpc) is 3.22. The number of rotatable bonds is 6. The van der Waals surface area contributed by atoms with Crippen molar-refractivity contribution in [3.05, 3.63) is 45.1 Å². The van der Waals surface area contributed by atoms with Gasteiger partial charge in [0, 0.05) is 17.0 Å². The Kier molecular flexibility index (Phi) is 7.21. The molecule has 0 spiro atoms. The van der Waals surface area contributed by atoms with Crippen molar-refractivity contribution in [2.75, 3.05) is 12.4 Å². The first-order valence-corrected chi connectivity index (χ1v) is 14.5. The second kappa shape index (κ2) is 10.3. The number of benzene rings is 1. The number of amides is 1. The fraction of sp³-hybridized carbons (Fsp3) is 0.519. The molecule has 5 rings (SSSR count). The number of carbonyl (C=O) groups is 1. The van der Waals surface area contributed by atoms with Crippen LogP contribution in [-0.2, 0) is 17.6 Å². The summed E-state index contributed by atoms with van der Waals surface area (Å²) < 4.78 is 7.29. The van der Waals surface area contributed by atoms with Gasteiger partial charge in [-0.15, -0.1) is 11.3 Å². The number of ether oxygens (including phenoxy) is 1. The molecule has 1 aliphatic carbocycles. The number of hydrogen-bond donors (Lipinski definition) is 0. The van der Waals surface area contributed by atoms with Gasteiger partial charge < -0.3 is 9.64 Å². The lowest BCUT2D eigenvalue weighted by Gasteiger charge is -2.39. The van der Waals surface area contributed by atoms with Gasteiger partial charge in [0.1, 0.15) is 10.6 Å². The molecule has 1 aliphatic heterocycles. The molecule has 2 unspecified atom stereocenters. The molecule has 0 radical (unpaired) electrons. The van der Waals surface area contributed by atoms with Crippen molar-refractivity contribution in [2.45, 2.75) is 83.0 Å². The minimum atomic E-state index is -0.0341. The summed E-state index contributed by atoms with van der Waals surface area (Å²) in [6.07, 6.45) is 7.48. The van der Waals surface area contributed by atoms with Gasteiger partial charge >= 0.3 is 0 Å². The van der Waals surface area contributed by atoms with Crippen molar-refractivity contribution in [3.63, 3.8) is 0 Å². The molecule has 3 heterocycles. The number of hydrogen-bond acceptors (Lipinski definition) is 6. The number of fused-ring (bicyclic) bond motifs is 3. The van der Waals surface area contributed by atoms with Crippen molar-refractivity contribution in [2.24, 2.45) is 0 Å². The van der Waals surface area contributed by atoms with Crippen LogP contribution in [0.15, 0.2) is 34.2 Å². The molecular formula is C27H33N3O3S2. The Morgan fingerprint density at radius 2 is 1.83 bits per heavy atom. The average molecular weight is 512 g/mol. The van der Waals surface area contributed by atoms with Crippen LogP contribution in [0, 0.1) is 0 Å².